The molecule has 0 aliphatic heterocycles. The maximum absolute atomic E-state index is 12.0. The van der Waals surface area contributed by atoms with Gasteiger partial charge in [-0.1, -0.05) is 31.4 Å². The number of nitrogens with two attached hydrogens (primary N) is 1. The van der Waals surface area contributed by atoms with Gasteiger partial charge in [0.2, 0.25) is 0 Å². The summed E-state index contributed by atoms with van der Waals surface area (Å²) in [5.74, 6) is 0. The number of rotatable bonds is 5. The first-order chi connectivity index (χ1) is 9.54. The monoisotopic (exact) mass is 296 g/mol. The normalized spacial score (nSPS) is 17.1. The van der Waals surface area contributed by atoms with Crippen LogP contribution in [-0.4, -0.2) is 33.8 Å². The van der Waals surface area contributed by atoms with Crippen LogP contribution in [0.4, 0.5) is 5.69 Å². The number of benzene rings is 1. The second-order valence-corrected chi connectivity index (χ2v) is 7.50. The predicted molar refractivity (Wildman–Crippen MR) is 82.8 cm³/mol. The highest BCUT2D eigenvalue weighted by Gasteiger charge is 2.25. The Balaban J connectivity index is 2.38. The van der Waals surface area contributed by atoms with Crippen molar-refractivity contribution in [3.63, 3.8) is 0 Å². The van der Waals surface area contributed by atoms with Crippen molar-refractivity contribution in [1.29, 1.82) is 0 Å². The molecule has 2 rings (SSSR count). The van der Waals surface area contributed by atoms with Gasteiger partial charge in [-0.3, -0.25) is 0 Å². The van der Waals surface area contributed by atoms with Crippen LogP contribution in [0.1, 0.15) is 32.1 Å². The molecule has 1 fully saturated rings. The van der Waals surface area contributed by atoms with Crippen molar-refractivity contribution in [3.8, 4) is 0 Å². The first-order valence-corrected chi connectivity index (χ1v) is 9.19. The van der Waals surface area contributed by atoms with Crippen molar-refractivity contribution < 1.29 is 8.42 Å². The molecule has 0 atom stereocenters. The Morgan fingerprint density at radius 2 is 1.85 bits per heavy atom. The summed E-state index contributed by atoms with van der Waals surface area (Å²) in [6.07, 6.45) is 7.23. The molecule has 1 saturated carbocycles. The summed E-state index contributed by atoms with van der Waals surface area (Å²) in [6.45, 7) is 1.24. The highest BCUT2D eigenvalue weighted by molar-refractivity contribution is 7.90. The first kappa shape index (κ1) is 15.3. The SMILES string of the molecule is CS(=O)(=O)c1ccccc1N(CCN)C1CCCCC1. The average molecular weight is 296 g/mol. The molecule has 0 unspecified atom stereocenters. The molecule has 0 amide bonds. The zero-order valence-corrected chi connectivity index (χ0v) is 12.9. The summed E-state index contributed by atoms with van der Waals surface area (Å²) in [4.78, 5) is 2.62. The maximum Gasteiger partial charge on any atom is 0.177 e. The molecule has 0 heterocycles. The summed E-state index contributed by atoms with van der Waals surface area (Å²) in [6, 6.07) is 7.69. The van der Waals surface area contributed by atoms with Crippen LogP contribution >= 0.6 is 0 Å². The van der Waals surface area contributed by atoms with Gasteiger partial charge < -0.3 is 10.6 Å². The van der Waals surface area contributed by atoms with E-state index in [4.69, 9.17) is 5.73 Å². The molecule has 5 heteroatoms. The largest absolute Gasteiger partial charge is 0.366 e. The lowest BCUT2D eigenvalue weighted by molar-refractivity contribution is 0.414. The first-order valence-electron chi connectivity index (χ1n) is 7.30. The summed E-state index contributed by atoms with van der Waals surface area (Å²) >= 11 is 0. The van der Waals surface area contributed by atoms with Crippen molar-refractivity contribution in [2.45, 2.75) is 43.0 Å². The third-order valence-corrected chi connectivity index (χ3v) is 5.10. The molecule has 1 aromatic carbocycles. The number of hydrogen-bond donors (Lipinski definition) is 1. The van der Waals surface area contributed by atoms with Crippen LogP contribution in [0.15, 0.2) is 29.2 Å². The van der Waals surface area contributed by atoms with Gasteiger partial charge >= 0.3 is 0 Å². The molecule has 0 bridgehead atoms. The molecule has 0 radical (unpaired) electrons. The lowest BCUT2D eigenvalue weighted by Crippen LogP contribution is -2.40. The van der Waals surface area contributed by atoms with Crippen LogP contribution in [0.2, 0.25) is 0 Å². The molecule has 2 N–H and O–H groups in total. The molecular formula is C15H24N2O2S. The van der Waals surface area contributed by atoms with Crippen molar-refractivity contribution in [3.05, 3.63) is 24.3 Å². The fraction of sp³-hybridized carbons (Fsp3) is 0.600. The van der Waals surface area contributed by atoms with Crippen LogP contribution in [0.5, 0.6) is 0 Å². The molecule has 0 aromatic heterocycles. The average Bonchev–Trinajstić information content (AvgIpc) is 2.45. The lowest BCUT2D eigenvalue weighted by atomic mass is 9.93. The number of para-hydroxylation sites is 1. The van der Waals surface area contributed by atoms with E-state index in [0.29, 0.717) is 24.0 Å². The predicted octanol–water partition coefficient (Wildman–Crippen LogP) is 2.19. The zero-order valence-electron chi connectivity index (χ0n) is 12.1. The van der Waals surface area contributed by atoms with Crippen molar-refractivity contribution in [1.82, 2.24) is 0 Å². The summed E-state index contributed by atoms with van der Waals surface area (Å²) in [5, 5.41) is 0. The van der Waals surface area contributed by atoms with E-state index < -0.39 is 9.84 Å². The second-order valence-electron chi connectivity index (χ2n) is 5.51. The molecule has 20 heavy (non-hydrogen) atoms. The van der Waals surface area contributed by atoms with E-state index in [1.807, 2.05) is 12.1 Å². The van der Waals surface area contributed by atoms with Crippen molar-refractivity contribution in [2.24, 2.45) is 5.73 Å². The Bertz CT molecular complexity index is 537. The molecule has 0 spiro atoms. The Morgan fingerprint density at radius 3 is 2.45 bits per heavy atom. The Labute approximate surface area is 121 Å². The minimum absolute atomic E-state index is 0.412. The molecule has 1 aromatic rings. The highest BCUT2D eigenvalue weighted by Crippen LogP contribution is 2.31. The van der Waals surface area contributed by atoms with E-state index >= 15 is 0 Å². The minimum Gasteiger partial charge on any atom is -0.366 e. The standard InChI is InChI=1S/C15H24N2O2S/c1-20(18,19)15-10-6-5-9-14(15)17(12-11-16)13-7-3-2-4-8-13/h5-6,9-10,13H,2-4,7-8,11-12,16H2,1H3. The minimum atomic E-state index is -3.22. The molecule has 1 aliphatic carbocycles. The van der Waals surface area contributed by atoms with Crippen molar-refractivity contribution >= 4 is 15.5 Å². The van der Waals surface area contributed by atoms with E-state index in [2.05, 4.69) is 4.90 Å². The molecular weight excluding hydrogens is 272 g/mol. The molecule has 1 aliphatic rings. The van der Waals surface area contributed by atoms with Crippen LogP contribution < -0.4 is 10.6 Å². The van der Waals surface area contributed by atoms with E-state index in [1.165, 1.54) is 25.5 Å². The number of sulfone groups is 1. The molecule has 4 nitrogen and oxygen atoms in total. The Kier molecular flexibility index (Phi) is 5.05. The van der Waals surface area contributed by atoms with Crippen molar-refractivity contribution in [2.75, 3.05) is 24.2 Å². The number of anilines is 1. The molecule has 0 saturated heterocycles. The highest BCUT2D eigenvalue weighted by atomic mass is 32.2. The van der Waals surface area contributed by atoms with Gasteiger partial charge in [0.25, 0.3) is 0 Å². The Hall–Kier alpha value is -1.07. The van der Waals surface area contributed by atoms with Gasteiger partial charge in [-0.25, -0.2) is 8.42 Å². The summed E-state index contributed by atoms with van der Waals surface area (Å²) in [5.41, 5.74) is 6.55. The third-order valence-electron chi connectivity index (χ3n) is 3.96. The second kappa shape index (κ2) is 6.59. The third kappa shape index (κ3) is 3.52. The fourth-order valence-electron chi connectivity index (χ4n) is 3.04. The Morgan fingerprint density at radius 1 is 1.20 bits per heavy atom. The smallest absolute Gasteiger partial charge is 0.177 e. The van der Waals surface area contributed by atoms with Crippen LogP contribution in [0.3, 0.4) is 0 Å². The van der Waals surface area contributed by atoms with E-state index in [9.17, 15) is 8.42 Å². The van der Waals surface area contributed by atoms with Gasteiger partial charge in [0.05, 0.1) is 10.6 Å². The van der Waals surface area contributed by atoms with Gasteiger partial charge in [0, 0.05) is 25.4 Å². The van der Waals surface area contributed by atoms with Gasteiger partial charge in [-0.15, -0.1) is 0 Å². The zero-order chi connectivity index (χ0) is 14.6. The maximum atomic E-state index is 12.0. The van der Waals surface area contributed by atoms with E-state index in [1.54, 1.807) is 12.1 Å². The lowest BCUT2D eigenvalue weighted by Gasteiger charge is -2.36. The summed E-state index contributed by atoms with van der Waals surface area (Å²) in [7, 11) is -3.22. The van der Waals surface area contributed by atoms with Crippen LogP contribution in [-0.2, 0) is 9.84 Å². The van der Waals surface area contributed by atoms with Crippen LogP contribution in [0, 0.1) is 0 Å². The number of hydrogen-bond acceptors (Lipinski definition) is 4. The van der Waals surface area contributed by atoms with E-state index in [0.717, 1.165) is 18.5 Å². The molecule has 112 valence electrons. The van der Waals surface area contributed by atoms with Gasteiger partial charge in [-0.2, -0.15) is 0 Å². The quantitative estimate of drug-likeness (QED) is 0.904. The van der Waals surface area contributed by atoms with Gasteiger partial charge in [0.1, 0.15) is 0 Å². The fourth-order valence-corrected chi connectivity index (χ4v) is 3.93. The van der Waals surface area contributed by atoms with Crippen LogP contribution in [0.25, 0.3) is 0 Å². The number of nitrogens with zero attached hydrogens (tertiary/aromatic N) is 1. The topological polar surface area (TPSA) is 63.4 Å². The van der Waals surface area contributed by atoms with E-state index in [-0.39, 0.29) is 0 Å². The summed E-state index contributed by atoms with van der Waals surface area (Å²) < 4.78 is 24.0. The van der Waals surface area contributed by atoms with Gasteiger partial charge in [0.15, 0.2) is 9.84 Å². The van der Waals surface area contributed by atoms with Gasteiger partial charge in [-0.05, 0) is 25.0 Å².